The van der Waals surface area contributed by atoms with E-state index in [1.54, 1.807) is 12.1 Å². The number of hydrogen-bond donors (Lipinski definition) is 0. The highest BCUT2D eigenvalue weighted by molar-refractivity contribution is 7.87. The fourth-order valence-corrected chi connectivity index (χ4v) is 2.95. The van der Waals surface area contributed by atoms with Crippen LogP contribution >= 0.6 is 0 Å². The highest BCUT2D eigenvalue weighted by atomic mass is 32.2. The average Bonchev–Trinajstić information content (AvgIpc) is 3.05. The van der Waals surface area contributed by atoms with Crippen LogP contribution in [-0.2, 0) is 10.1 Å². The van der Waals surface area contributed by atoms with E-state index in [2.05, 4.69) is 10.1 Å². The van der Waals surface area contributed by atoms with Crippen LogP contribution in [0.3, 0.4) is 0 Å². The van der Waals surface area contributed by atoms with Crippen LogP contribution in [0, 0.1) is 22.9 Å². The quantitative estimate of drug-likeness (QED) is 0.380. The summed E-state index contributed by atoms with van der Waals surface area (Å²) in [6.45, 7) is 1.83. The molecule has 2 heterocycles. The first-order valence-corrected chi connectivity index (χ1v) is 8.53. The Hall–Kier alpha value is -3.34. The van der Waals surface area contributed by atoms with E-state index in [0.717, 1.165) is 30.1 Å². The number of nitro benzene ring substituents is 1. The van der Waals surface area contributed by atoms with Crippen molar-refractivity contribution in [2.75, 3.05) is 0 Å². The van der Waals surface area contributed by atoms with Gasteiger partial charge in [-0.25, -0.2) is 14.1 Å². The van der Waals surface area contributed by atoms with Gasteiger partial charge in [-0.1, -0.05) is 0 Å². The number of hydrogen-bond acceptors (Lipinski definition) is 7. The van der Waals surface area contributed by atoms with Gasteiger partial charge in [-0.2, -0.15) is 13.5 Å². The number of nitrogens with zero attached hydrogens (tertiary/aromatic N) is 4. The van der Waals surface area contributed by atoms with Gasteiger partial charge < -0.3 is 4.18 Å². The molecule has 0 radical (unpaired) electrons. The zero-order valence-corrected chi connectivity index (χ0v) is 14.1. The maximum atomic E-state index is 13.3. The van der Waals surface area contributed by atoms with Gasteiger partial charge >= 0.3 is 15.8 Å². The standard InChI is InChI=1S/C15H11FN4O5S/c1-10-4-5-17-15(6-10)19-9-12(8-18-19)26(23,24)25-14-7-11(16)2-3-13(14)20(21)22/h2-9H,1H3. The van der Waals surface area contributed by atoms with E-state index in [-0.39, 0.29) is 4.90 Å². The normalized spacial score (nSPS) is 11.3. The summed E-state index contributed by atoms with van der Waals surface area (Å²) in [6, 6.07) is 5.72. The first-order chi connectivity index (χ1) is 12.3. The molecule has 11 heteroatoms. The minimum atomic E-state index is -4.47. The summed E-state index contributed by atoms with van der Waals surface area (Å²) in [5.41, 5.74) is 0.212. The van der Waals surface area contributed by atoms with E-state index in [1.807, 2.05) is 6.92 Å². The van der Waals surface area contributed by atoms with Crippen LogP contribution in [0.2, 0.25) is 0 Å². The lowest BCUT2D eigenvalue weighted by Crippen LogP contribution is -2.10. The molecule has 3 rings (SSSR count). The molecule has 0 fully saturated rings. The van der Waals surface area contributed by atoms with Gasteiger partial charge in [0.05, 0.1) is 17.3 Å². The monoisotopic (exact) mass is 378 g/mol. The fourth-order valence-electron chi connectivity index (χ4n) is 2.08. The van der Waals surface area contributed by atoms with Gasteiger partial charge in [-0.15, -0.1) is 0 Å². The molecule has 0 amide bonds. The molecule has 9 nitrogen and oxygen atoms in total. The van der Waals surface area contributed by atoms with E-state index in [9.17, 15) is 22.9 Å². The highest BCUT2D eigenvalue weighted by Crippen LogP contribution is 2.30. The van der Waals surface area contributed by atoms with Crippen molar-refractivity contribution in [2.45, 2.75) is 11.8 Å². The lowest BCUT2D eigenvalue weighted by Gasteiger charge is -2.05. The van der Waals surface area contributed by atoms with Gasteiger partial charge in [-0.05, 0) is 30.7 Å². The minimum absolute atomic E-state index is 0.362. The highest BCUT2D eigenvalue weighted by Gasteiger charge is 2.25. The molecule has 0 spiro atoms. The molecule has 0 aliphatic heterocycles. The van der Waals surface area contributed by atoms with Crippen molar-refractivity contribution in [1.82, 2.24) is 14.8 Å². The van der Waals surface area contributed by atoms with Crippen LogP contribution < -0.4 is 4.18 Å². The number of pyridine rings is 1. The average molecular weight is 378 g/mol. The summed E-state index contributed by atoms with van der Waals surface area (Å²) >= 11 is 0. The van der Waals surface area contributed by atoms with Crippen molar-refractivity contribution in [1.29, 1.82) is 0 Å². The number of aromatic nitrogens is 3. The summed E-state index contributed by atoms with van der Waals surface area (Å²) in [5.74, 6) is -1.22. The SMILES string of the molecule is Cc1ccnc(-n2cc(S(=O)(=O)Oc3cc(F)ccc3[N+](=O)[O-])cn2)c1. The topological polar surface area (TPSA) is 117 Å². The summed E-state index contributed by atoms with van der Waals surface area (Å²) in [5, 5.41) is 14.9. The van der Waals surface area contributed by atoms with Gasteiger partial charge in [0.25, 0.3) is 0 Å². The second kappa shape index (κ2) is 6.52. The number of benzene rings is 1. The Kier molecular flexibility index (Phi) is 4.38. The molecule has 1 aromatic carbocycles. The Balaban J connectivity index is 1.95. The van der Waals surface area contributed by atoms with E-state index in [4.69, 9.17) is 4.18 Å². The maximum absolute atomic E-state index is 13.3. The molecule has 0 unspecified atom stereocenters. The minimum Gasteiger partial charge on any atom is -0.371 e. The predicted molar refractivity (Wildman–Crippen MR) is 87.0 cm³/mol. The molecule has 0 saturated carbocycles. The van der Waals surface area contributed by atoms with Crippen LogP contribution in [0.25, 0.3) is 5.82 Å². The van der Waals surface area contributed by atoms with E-state index in [0.29, 0.717) is 11.9 Å². The van der Waals surface area contributed by atoms with Crippen molar-refractivity contribution in [3.63, 3.8) is 0 Å². The van der Waals surface area contributed by atoms with Crippen LogP contribution in [0.1, 0.15) is 5.56 Å². The summed E-state index contributed by atoms with van der Waals surface area (Å²) in [4.78, 5) is 13.8. The second-order valence-corrected chi connectivity index (χ2v) is 6.76. The first-order valence-electron chi connectivity index (χ1n) is 7.12. The number of nitro groups is 1. The molecule has 0 saturated heterocycles. The Labute approximate surface area is 147 Å². The van der Waals surface area contributed by atoms with Crippen molar-refractivity contribution < 1.29 is 21.9 Å². The largest absolute Gasteiger partial charge is 0.371 e. The first kappa shape index (κ1) is 17.5. The van der Waals surface area contributed by atoms with Gasteiger partial charge in [0.1, 0.15) is 10.7 Å². The molecule has 0 bridgehead atoms. The smallest absolute Gasteiger partial charge is 0.342 e. The molecule has 0 atom stereocenters. The molecule has 0 N–H and O–H groups in total. The molecule has 0 aliphatic rings. The fraction of sp³-hybridized carbons (Fsp3) is 0.0667. The Bertz CT molecular complexity index is 1100. The lowest BCUT2D eigenvalue weighted by molar-refractivity contribution is -0.385. The molecule has 134 valence electrons. The van der Waals surface area contributed by atoms with Gasteiger partial charge in [0.2, 0.25) is 5.75 Å². The van der Waals surface area contributed by atoms with Crippen LogP contribution in [-0.4, -0.2) is 28.1 Å². The van der Waals surface area contributed by atoms with Crippen molar-refractivity contribution in [3.8, 4) is 11.6 Å². The molecule has 0 aliphatic carbocycles. The maximum Gasteiger partial charge on any atom is 0.342 e. The third-order valence-corrected chi connectivity index (χ3v) is 4.49. The van der Waals surface area contributed by atoms with Gasteiger partial charge in [-0.3, -0.25) is 10.1 Å². The molecule has 2 aromatic heterocycles. The Morgan fingerprint density at radius 2 is 2.04 bits per heavy atom. The third-order valence-electron chi connectivity index (χ3n) is 3.30. The molecular formula is C15H11FN4O5S. The van der Waals surface area contributed by atoms with E-state index < -0.39 is 32.3 Å². The molecular weight excluding hydrogens is 367 g/mol. The summed E-state index contributed by atoms with van der Waals surface area (Å²) < 4.78 is 44.0. The van der Waals surface area contributed by atoms with E-state index >= 15 is 0 Å². The number of halogens is 1. The van der Waals surface area contributed by atoms with Crippen molar-refractivity contribution in [3.05, 3.63) is 70.4 Å². The zero-order chi connectivity index (χ0) is 18.9. The van der Waals surface area contributed by atoms with Crippen molar-refractivity contribution >= 4 is 15.8 Å². The molecule has 26 heavy (non-hydrogen) atoms. The zero-order valence-electron chi connectivity index (χ0n) is 13.2. The third kappa shape index (κ3) is 3.52. The predicted octanol–water partition coefficient (Wildman–Crippen LogP) is 2.39. The molecule has 3 aromatic rings. The number of rotatable bonds is 5. The van der Waals surface area contributed by atoms with Gasteiger partial charge in [0, 0.05) is 18.3 Å². The van der Waals surface area contributed by atoms with Crippen LogP contribution in [0.5, 0.6) is 5.75 Å². The lowest BCUT2D eigenvalue weighted by atomic mass is 10.3. The summed E-state index contributed by atoms with van der Waals surface area (Å²) in [7, 11) is -4.47. The van der Waals surface area contributed by atoms with Gasteiger partial charge in [0.15, 0.2) is 5.82 Å². The Morgan fingerprint density at radius 3 is 2.73 bits per heavy atom. The van der Waals surface area contributed by atoms with Crippen LogP contribution in [0.15, 0.2) is 53.8 Å². The second-order valence-electron chi connectivity index (χ2n) is 5.22. The van der Waals surface area contributed by atoms with Crippen LogP contribution in [0.4, 0.5) is 10.1 Å². The van der Waals surface area contributed by atoms with E-state index in [1.165, 1.54) is 10.9 Å². The Morgan fingerprint density at radius 1 is 1.27 bits per heavy atom. The number of aryl methyl sites for hydroxylation is 1. The van der Waals surface area contributed by atoms with Crippen molar-refractivity contribution in [2.24, 2.45) is 0 Å². The summed E-state index contributed by atoms with van der Waals surface area (Å²) in [6.07, 6.45) is 3.68.